The number of nitrogens with zero attached hydrogens (tertiary/aromatic N) is 1. The van der Waals surface area contributed by atoms with Crippen molar-refractivity contribution in [2.45, 2.75) is 52.2 Å². The molecule has 0 bridgehead atoms. The van der Waals surface area contributed by atoms with Gasteiger partial charge < -0.3 is 10.2 Å². The third-order valence-electron chi connectivity index (χ3n) is 3.21. The van der Waals surface area contributed by atoms with Crippen LogP contribution in [-0.4, -0.2) is 29.4 Å². The molecule has 0 saturated carbocycles. The van der Waals surface area contributed by atoms with Gasteiger partial charge >= 0.3 is 0 Å². The molecule has 1 amide bonds. The smallest absolute Gasteiger partial charge is 0.240 e. The van der Waals surface area contributed by atoms with Gasteiger partial charge in [0, 0.05) is 22.3 Å². The monoisotopic (exact) mass is 266 g/mol. The highest BCUT2D eigenvalue weighted by atomic mass is 32.1. The molecule has 1 fully saturated rings. The number of thiophene rings is 1. The van der Waals surface area contributed by atoms with Gasteiger partial charge in [-0.2, -0.15) is 0 Å². The Balaban J connectivity index is 1.98. The second-order valence-corrected chi connectivity index (χ2v) is 6.66. The van der Waals surface area contributed by atoms with Crippen LogP contribution < -0.4 is 5.32 Å². The van der Waals surface area contributed by atoms with Gasteiger partial charge in [-0.15, -0.1) is 11.3 Å². The molecule has 0 aromatic carbocycles. The van der Waals surface area contributed by atoms with Crippen molar-refractivity contribution in [3.05, 3.63) is 21.9 Å². The van der Waals surface area contributed by atoms with Crippen LogP contribution in [0.15, 0.2) is 12.1 Å². The van der Waals surface area contributed by atoms with E-state index in [2.05, 4.69) is 38.2 Å². The topological polar surface area (TPSA) is 32.3 Å². The first-order valence-electron chi connectivity index (χ1n) is 6.66. The molecule has 1 unspecified atom stereocenters. The van der Waals surface area contributed by atoms with Gasteiger partial charge in [0.25, 0.3) is 0 Å². The van der Waals surface area contributed by atoms with Crippen LogP contribution in [0.25, 0.3) is 0 Å². The van der Waals surface area contributed by atoms with Crippen LogP contribution in [-0.2, 0) is 11.3 Å². The average Bonchev–Trinajstić information content (AvgIpc) is 2.69. The zero-order chi connectivity index (χ0) is 13.1. The Kier molecular flexibility index (Phi) is 4.40. The van der Waals surface area contributed by atoms with Gasteiger partial charge in [0.1, 0.15) is 0 Å². The maximum absolute atomic E-state index is 12.3. The molecule has 1 saturated heterocycles. The van der Waals surface area contributed by atoms with E-state index in [1.165, 1.54) is 9.75 Å². The predicted molar refractivity (Wildman–Crippen MR) is 75.8 cm³/mol. The highest BCUT2D eigenvalue weighted by Gasteiger charge is 2.28. The van der Waals surface area contributed by atoms with Crippen molar-refractivity contribution in [1.29, 1.82) is 0 Å². The second-order valence-electron chi connectivity index (χ2n) is 5.29. The first-order chi connectivity index (χ1) is 8.56. The van der Waals surface area contributed by atoms with Crippen molar-refractivity contribution in [3.8, 4) is 0 Å². The Morgan fingerprint density at radius 1 is 1.50 bits per heavy atom. The zero-order valence-electron chi connectivity index (χ0n) is 11.4. The number of rotatable bonds is 4. The molecule has 0 aliphatic carbocycles. The fraction of sp³-hybridized carbons (Fsp3) is 0.643. The molecular formula is C14H22N2OS. The predicted octanol–water partition coefficient (Wildman–Crippen LogP) is 2.55. The van der Waals surface area contributed by atoms with Gasteiger partial charge in [0.15, 0.2) is 0 Å². The molecule has 1 aliphatic rings. The van der Waals surface area contributed by atoms with Crippen LogP contribution >= 0.6 is 11.3 Å². The van der Waals surface area contributed by atoms with Crippen LogP contribution in [0, 0.1) is 6.92 Å². The van der Waals surface area contributed by atoms with Gasteiger partial charge in [0.2, 0.25) is 5.91 Å². The van der Waals surface area contributed by atoms with Crippen molar-refractivity contribution in [2.75, 3.05) is 6.54 Å². The molecule has 1 aromatic rings. The molecule has 1 atom stereocenters. The van der Waals surface area contributed by atoms with E-state index in [4.69, 9.17) is 0 Å². The molecule has 4 heteroatoms. The quantitative estimate of drug-likeness (QED) is 0.908. The SMILES string of the molecule is Cc1ccc(CN2CCCC(NC(C)C)C2=O)s1. The van der Waals surface area contributed by atoms with Crippen molar-refractivity contribution < 1.29 is 4.79 Å². The number of hydrogen-bond donors (Lipinski definition) is 1. The summed E-state index contributed by atoms with van der Waals surface area (Å²) in [5.41, 5.74) is 0. The first kappa shape index (κ1) is 13.6. The Hall–Kier alpha value is -0.870. The average molecular weight is 266 g/mol. The molecule has 1 N–H and O–H groups in total. The molecular weight excluding hydrogens is 244 g/mol. The van der Waals surface area contributed by atoms with E-state index in [-0.39, 0.29) is 11.9 Å². The summed E-state index contributed by atoms with van der Waals surface area (Å²) in [6.45, 7) is 7.96. The molecule has 0 radical (unpaired) electrons. The van der Waals surface area contributed by atoms with E-state index in [1.54, 1.807) is 11.3 Å². The molecule has 1 aliphatic heterocycles. The number of hydrogen-bond acceptors (Lipinski definition) is 3. The van der Waals surface area contributed by atoms with Crippen molar-refractivity contribution in [2.24, 2.45) is 0 Å². The molecule has 3 nitrogen and oxygen atoms in total. The Bertz CT molecular complexity index is 414. The third-order valence-corrected chi connectivity index (χ3v) is 4.19. The lowest BCUT2D eigenvalue weighted by atomic mass is 10.0. The lowest BCUT2D eigenvalue weighted by molar-refractivity contribution is -0.136. The number of aryl methyl sites for hydroxylation is 1. The lowest BCUT2D eigenvalue weighted by Gasteiger charge is -2.33. The number of nitrogens with one attached hydrogen (secondary N) is 1. The van der Waals surface area contributed by atoms with Crippen molar-refractivity contribution >= 4 is 17.2 Å². The van der Waals surface area contributed by atoms with Gasteiger partial charge in [-0.25, -0.2) is 0 Å². The minimum atomic E-state index is 0.0137. The largest absolute Gasteiger partial charge is 0.336 e. The maximum Gasteiger partial charge on any atom is 0.240 e. The van der Waals surface area contributed by atoms with Gasteiger partial charge in [0.05, 0.1) is 12.6 Å². The summed E-state index contributed by atoms with van der Waals surface area (Å²) in [6.07, 6.45) is 2.07. The van der Waals surface area contributed by atoms with Gasteiger partial charge in [-0.05, 0) is 31.9 Å². The molecule has 2 heterocycles. The highest BCUT2D eigenvalue weighted by molar-refractivity contribution is 7.11. The summed E-state index contributed by atoms with van der Waals surface area (Å²) in [6, 6.07) is 4.63. The van der Waals surface area contributed by atoms with E-state index >= 15 is 0 Å². The highest BCUT2D eigenvalue weighted by Crippen LogP contribution is 2.20. The molecule has 2 rings (SSSR count). The lowest BCUT2D eigenvalue weighted by Crippen LogP contribution is -2.51. The molecule has 0 spiro atoms. The van der Waals surface area contributed by atoms with Crippen molar-refractivity contribution in [3.63, 3.8) is 0 Å². The fourth-order valence-electron chi connectivity index (χ4n) is 2.41. The van der Waals surface area contributed by atoms with Crippen LogP contribution in [0.1, 0.15) is 36.4 Å². The first-order valence-corrected chi connectivity index (χ1v) is 7.48. The Labute approximate surface area is 113 Å². The van der Waals surface area contributed by atoms with Gasteiger partial charge in [-0.1, -0.05) is 13.8 Å². The van der Waals surface area contributed by atoms with E-state index in [0.29, 0.717) is 6.04 Å². The van der Waals surface area contributed by atoms with Crippen LogP contribution in [0.5, 0.6) is 0 Å². The van der Waals surface area contributed by atoms with E-state index in [9.17, 15) is 4.79 Å². The van der Waals surface area contributed by atoms with E-state index in [1.807, 2.05) is 4.90 Å². The summed E-state index contributed by atoms with van der Waals surface area (Å²) in [5, 5.41) is 3.36. The fourth-order valence-corrected chi connectivity index (χ4v) is 3.32. The summed E-state index contributed by atoms with van der Waals surface area (Å²) in [7, 11) is 0. The van der Waals surface area contributed by atoms with Crippen LogP contribution in [0.3, 0.4) is 0 Å². The third kappa shape index (κ3) is 3.33. The summed E-state index contributed by atoms with van der Waals surface area (Å²) in [5.74, 6) is 0.265. The number of carbonyl (C=O) groups excluding carboxylic acids is 1. The number of likely N-dealkylation sites (tertiary alicyclic amines) is 1. The van der Waals surface area contributed by atoms with E-state index in [0.717, 1.165) is 25.9 Å². The number of amides is 1. The Morgan fingerprint density at radius 2 is 2.28 bits per heavy atom. The summed E-state index contributed by atoms with van der Waals surface area (Å²) >= 11 is 1.78. The number of carbonyl (C=O) groups is 1. The summed E-state index contributed by atoms with van der Waals surface area (Å²) in [4.78, 5) is 16.9. The standard InChI is InChI=1S/C14H22N2OS/c1-10(2)15-13-5-4-8-16(14(13)17)9-12-7-6-11(3)18-12/h6-7,10,13,15H,4-5,8-9H2,1-3H3. The summed E-state index contributed by atoms with van der Waals surface area (Å²) < 4.78 is 0. The number of piperidine rings is 1. The minimum absolute atomic E-state index is 0.0137. The Morgan fingerprint density at radius 3 is 2.89 bits per heavy atom. The molecule has 18 heavy (non-hydrogen) atoms. The van der Waals surface area contributed by atoms with Crippen molar-refractivity contribution in [1.82, 2.24) is 10.2 Å². The van der Waals surface area contributed by atoms with Crippen LogP contribution in [0.4, 0.5) is 0 Å². The molecule has 1 aromatic heterocycles. The van der Waals surface area contributed by atoms with E-state index < -0.39 is 0 Å². The molecule has 100 valence electrons. The van der Waals surface area contributed by atoms with Gasteiger partial charge in [-0.3, -0.25) is 4.79 Å². The maximum atomic E-state index is 12.3. The second kappa shape index (κ2) is 5.85. The minimum Gasteiger partial charge on any atom is -0.336 e. The zero-order valence-corrected chi connectivity index (χ0v) is 12.2. The normalized spacial score (nSPS) is 20.8. The van der Waals surface area contributed by atoms with Crippen LogP contribution in [0.2, 0.25) is 0 Å².